The molecule has 1 aromatic heterocycles. The van der Waals surface area contributed by atoms with Crippen LogP contribution in [0, 0.1) is 13.8 Å². The quantitative estimate of drug-likeness (QED) is 0.727. The highest BCUT2D eigenvalue weighted by atomic mass is 16.5. The summed E-state index contributed by atoms with van der Waals surface area (Å²) in [4.78, 5) is 4.21. The molecule has 0 aliphatic rings. The first kappa shape index (κ1) is 8.84. The molecule has 0 amide bonds. The van der Waals surface area contributed by atoms with Gasteiger partial charge in [0.25, 0.3) is 0 Å². The van der Waals surface area contributed by atoms with Crippen LogP contribution in [-0.4, -0.2) is 11.6 Å². The Kier molecular flexibility index (Phi) is 2.53. The van der Waals surface area contributed by atoms with Crippen molar-refractivity contribution < 1.29 is 4.74 Å². The van der Waals surface area contributed by atoms with Crippen LogP contribution in [0.15, 0.2) is 6.07 Å². The number of hydrogen-bond donors (Lipinski definition) is 1. The average molecular weight is 166 g/mol. The van der Waals surface area contributed by atoms with Crippen LogP contribution in [0.3, 0.4) is 0 Å². The Morgan fingerprint density at radius 2 is 2.17 bits per heavy atom. The van der Waals surface area contributed by atoms with Crippen LogP contribution in [0.2, 0.25) is 0 Å². The maximum absolute atomic E-state index is 5.67. The molecule has 0 unspecified atom stereocenters. The third kappa shape index (κ3) is 1.67. The van der Waals surface area contributed by atoms with Gasteiger partial charge in [0.1, 0.15) is 0 Å². The number of aromatic nitrogens is 1. The normalized spacial score (nSPS) is 9.92. The molecule has 1 rings (SSSR count). The maximum atomic E-state index is 5.67. The summed E-state index contributed by atoms with van der Waals surface area (Å²) in [5.74, 6) is 0.684. The SMILES string of the molecule is CCOc1nc(C)c(N)cc1C. The van der Waals surface area contributed by atoms with Crippen LogP contribution in [0.4, 0.5) is 5.69 Å². The first-order chi connectivity index (χ1) is 5.65. The summed E-state index contributed by atoms with van der Waals surface area (Å²) in [6.07, 6.45) is 0. The molecule has 0 saturated carbocycles. The van der Waals surface area contributed by atoms with Crippen LogP contribution in [0.5, 0.6) is 5.88 Å². The van der Waals surface area contributed by atoms with Crippen molar-refractivity contribution in [1.82, 2.24) is 4.98 Å². The predicted octanol–water partition coefficient (Wildman–Crippen LogP) is 1.68. The molecule has 3 nitrogen and oxygen atoms in total. The lowest BCUT2D eigenvalue weighted by molar-refractivity contribution is 0.324. The maximum Gasteiger partial charge on any atom is 0.216 e. The number of nitrogen functional groups attached to an aromatic ring is 1. The molecule has 2 N–H and O–H groups in total. The van der Waals surface area contributed by atoms with Gasteiger partial charge in [-0.15, -0.1) is 0 Å². The Balaban J connectivity index is 3.05. The van der Waals surface area contributed by atoms with Gasteiger partial charge in [0.15, 0.2) is 0 Å². The number of anilines is 1. The molecule has 0 bridgehead atoms. The molecule has 0 fully saturated rings. The fraction of sp³-hybridized carbons (Fsp3) is 0.444. The second-order valence-corrected chi connectivity index (χ2v) is 2.72. The fourth-order valence-electron chi connectivity index (χ4n) is 0.987. The standard InChI is InChI=1S/C9H14N2O/c1-4-12-9-6(2)5-8(10)7(3)11-9/h5H,4,10H2,1-3H3. The van der Waals surface area contributed by atoms with Crippen LogP contribution >= 0.6 is 0 Å². The zero-order chi connectivity index (χ0) is 9.14. The van der Waals surface area contributed by atoms with Gasteiger partial charge in [0.05, 0.1) is 18.0 Å². The van der Waals surface area contributed by atoms with Crippen LogP contribution in [-0.2, 0) is 0 Å². The van der Waals surface area contributed by atoms with E-state index in [1.807, 2.05) is 26.8 Å². The van der Waals surface area contributed by atoms with E-state index in [0.29, 0.717) is 12.5 Å². The highest BCUT2D eigenvalue weighted by Gasteiger charge is 2.03. The van der Waals surface area contributed by atoms with Gasteiger partial charge >= 0.3 is 0 Å². The second-order valence-electron chi connectivity index (χ2n) is 2.72. The number of nitrogens with two attached hydrogens (primary N) is 1. The van der Waals surface area contributed by atoms with Crippen molar-refractivity contribution in [1.29, 1.82) is 0 Å². The molecule has 0 spiro atoms. The lowest BCUT2D eigenvalue weighted by Gasteiger charge is -2.07. The topological polar surface area (TPSA) is 48.1 Å². The van der Waals surface area contributed by atoms with E-state index < -0.39 is 0 Å². The van der Waals surface area contributed by atoms with E-state index >= 15 is 0 Å². The van der Waals surface area contributed by atoms with Gasteiger partial charge in [-0.2, -0.15) is 0 Å². The van der Waals surface area contributed by atoms with E-state index in [-0.39, 0.29) is 0 Å². The van der Waals surface area contributed by atoms with Gasteiger partial charge in [-0.25, -0.2) is 4.98 Å². The molecule has 0 radical (unpaired) electrons. The summed E-state index contributed by atoms with van der Waals surface area (Å²) in [6.45, 7) is 6.38. The minimum absolute atomic E-state index is 0.636. The zero-order valence-corrected chi connectivity index (χ0v) is 7.72. The van der Waals surface area contributed by atoms with Crippen LogP contribution in [0.25, 0.3) is 0 Å². The van der Waals surface area contributed by atoms with Gasteiger partial charge in [-0.3, -0.25) is 0 Å². The molecule has 1 aromatic rings. The fourth-order valence-corrected chi connectivity index (χ4v) is 0.987. The molecule has 3 heteroatoms. The number of ether oxygens (including phenoxy) is 1. The first-order valence-electron chi connectivity index (χ1n) is 4.01. The number of rotatable bonds is 2. The molecule has 0 aliphatic carbocycles. The van der Waals surface area contributed by atoms with E-state index in [1.165, 1.54) is 0 Å². The Hall–Kier alpha value is -1.25. The Labute approximate surface area is 72.6 Å². The third-order valence-corrected chi connectivity index (χ3v) is 1.68. The van der Waals surface area contributed by atoms with Crippen molar-refractivity contribution in [3.8, 4) is 5.88 Å². The Morgan fingerprint density at radius 1 is 1.50 bits per heavy atom. The minimum Gasteiger partial charge on any atom is -0.478 e. The number of pyridine rings is 1. The van der Waals surface area contributed by atoms with Gasteiger partial charge in [-0.05, 0) is 26.8 Å². The highest BCUT2D eigenvalue weighted by molar-refractivity contribution is 5.47. The Morgan fingerprint density at radius 3 is 2.75 bits per heavy atom. The lowest BCUT2D eigenvalue weighted by atomic mass is 10.2. The zero-order valence-electron chi connectivity index (χ0n) is 7.72. The van der Waals surface area contributed by atoms with Gasteiger partial charge < -0.3 is 10.5 Å². The largest absolute Gasteiger partial charge is 0.478 e. The monoisotopic (exact) mass is 166 g/mol. The molecule has 0 atom stereocenters. The smallest absolute Gasteiger partial charge is 0.216 e. The van der Waals surface area contributed by atoms with Gasteiger partial charge in [0, 0.05) is 5.56 Å². The third-order valence-electron chi connectivity index (χ3n) is 1.68. The molecule has 1 heterocycles. The van der Waals surface area contributed by atoms with Crippen molar-refractivity contribution in [2.75, 3.05) is 12.3 Å². The van der Waals surface area contributed by atoms with Crippen molar-refractivity contribution in [2.24, 2.45) is 0 Å². The van der Waals surface area contributed by atoms with E-state index in [9.17, 15) is 0 Å². The highest BCUT2D eigenvalue weighted by Crippen LogP contribution is 2.19. The number of hydrogen-bond acceptors (Lipinski definition) is 3. The van der Waals surface area contributed by atoms with Crippen molar-refractivity contribution in [3.05, 3.63) is 17.3 Å². The first-order valence-corrected chi connectivity index (χ1v) is 4.01. The molecule has 0 aromatic carbocycles. The Bertz CT molecular complexity index is 284. The van der Waals surface area contributed by atoms with Gasteiger partial charge in [-0.1, -0.05) is 0 Å². The minimum atomic E-state index is 0.636. The van der Waals surface area contributed by atoms with Crippen molar-refractivity contribution in [2.45, 2.75) is 20.8 Å². The van der Waals surface area contributed by atoms with E-state index in [4.69, 9.17) is 10.5 Å². The summed E-state index contributed by atoms with van der Waals surface area (Å²) >= 11 is 0. The van der Waals surface area contributed by atoms with Crippen LogP contribution in [0.1, 0.15) is 18.2 Å². The average Bonchev–Trinajstić information content (AvgIpc) is 2.01. The molecular formula is C9H14N2O. The number of nitrogens with zero attached hydrogens (tertiary/aromatic N) is 1. The van der Waals surface area contributed by atoms with Crippen LogP contribution < -0.4 is 10.5 Å². The van der Waals surface area contributed by atoms with Crippen molar-refractivity contribution >= 4 is 5.69 Å². The summed E-state index contributed by atoms with van der Waals surface area (Å²) < 4.78 is 5.31. The lowest BCUT2D eigenvalue weighted by Crippen LogP contribution is -2.01. The molecular weight excluding hydrogens is 152 g/mol. The summed E-state index contributed by atoms with van der Waals surface area (Å²) in [5, 5.41) is 0. The summed E-state index contributed by atoms with van der Waals surface area (Å²) in [7, 11) is 0. The van der Waals surface area contributed by atoms with Crippen molar-refractivity contribution in [3.63, 3.8) is 0 Å². The van der Waals surface area contributed by atoms with E-state index in [0.717, 1.165) is 16.9 Å². The number of aryl methyl sites for hydroxylation is 2. The predicted molar refractivity (Wildman–Crippen MR) is 49.3 cm³/mol. The molecule has 0 saturated heterocycles. The van der Waals surface area contributed by atoms with Gasteiger partial charge in [0.2, 0.25) is 5.88 Å². The summed E-state index contributed by atoms with van der Waals surface area (Å²) in [6, 6.07) is 1.88. The molecule has 0 aliphatic heterocycles. The molecule has 12 heavy (non-hydrogen) atoms. The van der Waals surface area contributed by atoms with E-state index in [2.05, 4.69) is 4.98 Å². The summed E-state index contributed by atoms with van der Waals surface area (Å²) in [5.41, 5.74) is 8.20. The molecule has 66 valence electrons. The van der Waals surface area contributed by atoms with E-state index in [1.54, 1.807) is 0 Å². The second kappa shape index (κ2) is 3.43.